The van der Waals surface area contributed by atoms with E-state index in [1.54, 1.807) is 0 Å². The van der Waals surface area contributed by atoms with Crippen LogP contribution in [0.1, 0.15) is 55.8 Å². The fourth-order valence-corrected chi connectivity index (χ4v) is 6.41. The molecule has 2 aliphatic heterocycles. The summed E-state index contributed by atoms with van der Waals surface area (Å²) < 4.78 is 3.95. The molecule has 4 heterocycles. The standard InChI is InChI=1S/C34H44N10/c1-4-44-17-13-31(41-44)39-30-12-5-24(2)32-27(23-38-30)10-11-29-33(32)34(42(3)40-29)26-8-6-25(7-9-26)28(21-35)22-37-16-20-43-18-14-36-15-19-43/h6-9,13,17,21-23,28,35-36H,4-5,10-12,14-16,18-20H2,1-3H3,(H,38,39,41)/b27-23-,32-24?,35-21?,37-22?. The Hall–Kier alpha value is -4.15. The highest BCUT2D eigenvalue weighted by atomic mass is 15.3. The summed E-state index contributed by atoms with van der Waals surface area (Å²) in [6.07, 6.45) is 11.0. The highest BCUT2D eigenvalue weighted by molar-refractivity contribution is 5.97. The molecule has 3 aliphatic rings. The quantitative estimate of drug-likeness (QED) is 0.306. The van der Waals surface area contributed by atoms with E-state index in [4.69, 9.17) is 15.5 Å². The Morgan fingerprint density at radius 3 is 2.64 bits per heavy atom. The zero-order valence-corrected chi connectivity index (χ0v) is 26.2. The Labute approximate surface area is 260 Å². The van der Waals surface area contributed by atoms with E-state index in [1.807, 2.05) is 34.9 Å². The van der Waals surface area contributed by atoms with Crippen LogP contribution in [-0.4, -0.2) is 82.0 Å². The van der Waals surface area contributed by atoms with Crippen molar-refractivity contribution >= 4 is 29.7 Å². The number of nitrogens with zero attached hydrogens (tertiary/aromatic N) is 7. The lowest BCUT2D eigenvalue weighted by Crippen LogP contribution is -2.44. The second kappa shape index (κ2) is 13.7. The van der Waals surface area contributed by atoms with Gasteiger partial charge >= 0.3 is 0 Å². The van der Waals surface area contributed by atoms with Gasteiger partial charge in [-0.1, -0.05) is 29.8 Å². The minimum atomic E-state index is -0.131. The van der Waals surface area contributed by atoms with Gasteiger partial charge in [-0.25, -0.2) is 4.99 Å². The number of aliphatic imine (C=N–C) groups is 2. The van der Waals surface area contributed by atoms with Crippen LogP contribution in [0.3, 0.4) is 0 Å². The minimum absolute atomic E-state index is 0.131. The van der Waals surface area contributed by atoms with Gasteiger partial charge < -0.3 is 16.0 Å². The Morgan fingerprint density at radius 1 is 1.07 bits per heavy atom. The number of nitrogens with one attached hydrogen (secondary N) is 3. The highest BCUT2D eigenvalue weighted by Gasteiger charge is 2.29. The topological polar surface area (TPSA) is 112 Å². The number of aryl methyl sites for hydroxylation is 3. The number of benzene rings is 1. The number of allylic oxidation sites excluding steroid dienone is 3. The zero-order chi connectivity index (χ0) is 30.5. The molecule has 1 saturated heterocycles. The van der Waals surface area contributed by atoms with Crippen molar-refractivity contribution in [3.05, 3.63) is 70.7 Å². The summed E-state index contributed by atoms with van der Waals surface area (Å²) in [4.78, 5) is 12.0. The molecule has 1 fully saturated rings. The molecular formula is C34H44N10. The summed E-state index contributed by atoms with van der Waals surface area (Å²) in [5.41, 5.74) is 9.65. The molecule has 44 heavy (non-hydrogen) atoms. The summed E-state index contributed by atoms with van der Waals surface area (Å²) in [7, 11) is 2.05. The van der Waals surface area contributed by atoms with E-state index in [0.29, 0.717) is 0 Å². The Bertz CT molecular complexity index is 1590. The first-order valence-electron chi connectivity index (χ1n) is 15.9. The van der Waals surface area contributed by atoms with Gasteiger partial charge in [0.25, 0.3) is 0 Å². The first kappa shape index (κ1) is 29.9. The van der Waals surface area contributed by atoms with Crippen molar-refractivity contribution in [1.82, 2.24) is 29.8 Å². The van der Waals surface area contributed by atoms with Gasteiger partial charge in [0.1, 0.15) is 5.84 Å². The maximum atomic E-state index is 8.05. The van der Waals surface area contributed by atoms with Crippen LogP contribution in [0.2, 0.25) is 0 Å². The van der Waals surface area contributed by atoms with Gasteiger partial charge in [0.05, 0.1) is 23.9 Å². The van der Waals surface area contributed by atoms with Crippen LogP contribution in [0.4, 0.5) is 5.82 Å². The predicted molar refractivity (Wildman–Crippen MR) is 180 cm³/mol. The van der Waals surface area contributed by atoms with Crippen LogP contribution in [0.15, 0.2) is 63.9 Å². The molecule has 230 valence electrons. The summed E-state index contributed by atoms with van der Waals surface area (Å²) >= 11 is 0. The van der Waals surface area contributed by atoms with Gasteiger partial charge in [-0.15, -0.1) is 0 Å². The molecule has 10 heteroatoms. The molecule has 1 aliphatic carbocycles. The van der Waals surface area contributed by atoms with Crippen molar-refractivity contribution in [2.24, 2.45) is 17.0 Å². The SMILES string of the molecule is CCn1ccc(NC2=N/C=C3/CCc4nn(C)c(-c5ccc(C(C=N)C=NCCN6CCNCC6)cc5)c4C3=C(C)CC2)n1. The maximum Gasteiger partial charge on any atom is 0.153 e. The second-order valence-electron chi connectivity index (χ2n) is 11.8. The number of piperazine rings is 1. The average molecular weight is 593 g/mol. The monoisotopic (exact) mass is 592 g/mol. The maximum absolute atomic E-state index is 8.05. The van der Waals surface area contributed by atoms with Crippen LogP contribution in [0.25, 0.3) is 16.8 Å². The molecule has 0 spiro atoms. The molecule has 2 aromatic heterocycles. The molecule has 0 saturated carbocycles. The first-order chi connectivity index (χ1) is 21.5. The number of hydrogen-bond donors (Lipinski definition) is 3. The van der Waals surface area contributed by atoms with Crippen molar-refractivity contribution in [3.8, 4) is 11.3 Å². The van der Waals surface area contributed by atoms with Gasteiger partial charge in [-0.05, 0) is 49.8 Å². The molecule has 0 radical (unpaired) electrons. The summed E-state index contributed by atoms with van der Waals surface area (Å²) in [5, 5.41) is 24.4. The van der Waals surface area contributed by atoms with Crippen molar-refractivity contribution in [1.29, 1.82) is 5.41 Å². The largest absolute Gasteiger partial charge is 0.327 e. The Morgan fingerprint density at radius 2 is 1.89 bits per heavy atom. The molecule has 0 amide bonds. The molecule has 6 rings (SSSR count). The van der Waals surface area contributed by atoms with E-state index in [1.165, 1.54) is 28.5 Å². The van der Waals surface area contributed by atoms with Gasteiger partial charge in [0, 0.05) is 94.8 Å². The Kier molecular flexibility index (Phi) is 9.28. The summed E-state index contributed by atoms with van der Waals surface area (Å²) in [6.45, 7) is 11.2. The van der Waals surface area contributed by atoms with Crippen molar-refractivity contribution < 1.29 is 0 Å². The number of hydrogen-bond acceptors (Lipinski definition) is 8. The summed E-state index contributed by atoms with van der Waals surface area (Å²) in [5.74, 6) is 1.65. The van der Waals surface area contributed by atoms with E-state index >= 15 is 0 Å². The van der Waals surface area contributed by atoms with Crippen LogP contribution in [0, 0.1) is 5.41 Å². The fraction of sp³-hybridized carbons (Fsp3) is 0.441. The predicted octanol–water partition coefficient (Wildman–Crippen LogP) is 4.92. The van der Waals surface area contributed by atoms with Crippen LogP contribution < -0.4 is 10.6 Å². The van der Waals surface area contributed by atoms with E-state index in [2.05, 4.69) is 69.9 Å². The molecule has 3 N–H and O–H groups in total. The molecule has 1 atom stereocenters. The molecular weight excluding hydrogens is 548 g/mol. The fourth-order valence-electron chi connectivity index (χ4n) is 6.41. The molecule has 1 aromatic carbocycles. The number of anilines is 1. The van der Waals surface area contributed by atoms with Gasteiger partial charge in [-0.3, -0.25) is 19.3 Å². The molecule has 3 aromatic rings. The third kappa shape index (κ3) is 6.51. The van der Waals surface area contributed by atoms with Gasteiger partial charge in [0.15, 0.2) is 5.82 Å². The van der Waals surface area contributed by atoms with Crippen LogP contribution >= 0.6 is 0 Å². The van der Waals surface area contributed by atoms with Crippen molar-refractivity contribution in [2.45, 2.75) is 52.0 Å². The third-order valence-corrected chi connectivity index (χ3v) is 8.87. The van der Waals surface area contributed by atoms with E-state index in [0.717, 1.165) is 106 Å². The molecule has 1 unspecified atom stereocenters. The lowest BCUT2D eigenvalue weighted by atomic mass is 9.81. The minimum Gasteiger partial charge on any atom is -0.327 e. The smallest absolute Gasteiger partial charge is 0.153 e. The Balaban J connectivity index is 1.22. The third-order valence-electron chi connectivity index (χ3n) is 8.87. The number of amidine groups is 1. The van der Waals surface area contributed by atoms with Crippen molar-refractivity contribution in [2.75, 3.05) is 44.6 Å². The zero-order valence-electron chi connectivity index (χ0n) is 26.2. The normalized spacial score (nSPS) is 19.4. The van der Waals surface area contributed by atoms with E-state index < -0.39 is 0 Å². The number of rotatable bonds is 9. The lowest BCUT2D eigenvalue weighted by molar-refractivity contribution is 0.248. The van der Waals surface area contributed by atoms with Crippen molar-refractivity contribution in [3.63, 3.8) is 0 Å². The van der Waals surface area contributed by atoms with Gasteiger partial charge in [0.2, 0.25) is 0 Å². The van der Waals surface area contributed by atoms with Crippen LogP contribution in [-0.2, 0) is 20.0 Å². The second-order valence-corrected chi connectivity index (χ2v) is 11.8. The van der Waals surface area contributed by atoms with E-state index in [-0.39, 0.29) is 5.92 Å². The van der Waals surface area contributed by atoms with Crippen LogP contribution in [0.5, 0.6) is 0 Å². The average Bonchev–Trinajstić information content (AvgIpc) is 3.65. The number of aromatic nitrogens is 4. The summed E-state index contributed by atoms with van der Waals surface area (Å²) in [6, 6.07) is 10.6. The first-order valence-corrected chi connectivity index (χ1v) is 15.9. The molecule has 10 nitrogen and oxygen atoms in total. The number of fused-ring (bicyclic) bond motifs is 3. The van der Waals surface area contributed by atoms with Gasteiger partial charge in [-0.2, -0.15) is 10.2 Å². The molecule has 0 bridgehead atoms. The lowest BCUT2D eigenvalue weighted by Gasteiger charge is -2.26. The highest BCUT2D eigenvalue weighted by Crippen LogP contribution is 2.43. The van der Waals surface area contributed by atoms with E-state index in [9.17, 15) is 0 Å².